The number of fused-ring (bicyclic) bond motifs is 1. The third kappa shape index (κ3) is 4.04. The van der Waals surface area contributed by atoms with Gasteiger partial charge in [0.1, 0.15) is 11.3 Å². The highest BCUT2D eigenvalue weighted by molar-refractivity contribution is 6.00. The molecule has 1 heterocycles. The maximum absolute atomic E-state index is 5.94. The van der Waals surface area contributed by atoms with Crippen LogP contribution in [0.4, 0.5) is 11.6 Å². The largest absolute Gasteiger partial charge is 0.494 e. The van der Waals surface area contributed by atoms with Gasteiger partial charge in [-0.25, -0.2) is 4.98 Å². The summed E-state index contributed by atoms with van der Waals surface area (Å²) in [6, 6.07) is 20.9. The first-order valence-corrected chi connectivity index (χ1v) is 10.0. The number of imidazole rings is 1. The lowest BCUT2D eigenvalue weighted by molar-refractivity contribution is 0.340. The summed E-state index contributed by atoms with van der Waals surface area (Å²) in [5.74, 6) is 1.27. The Balaban J connectivity index is 1.69. The second-order valence-electron chi connectivity index (χ2n) is 6.99. The number of aryl methyl sites for hydroxylation is 1. The van der Waals surface area contributed by atoms with Crippen molar-refractivity contribution in [2.45, 2.75) is 26.8 Å². The Kier molecular flexibility index (Phi) is 5.38. The number of H-pyrrole nitrogens is 1. The molecule has 3 aromatic carbocycles. The summed E-state index contributed by atoms with van der Waals surface area (Å²) < 4.78 is 5.59. The number of nitrogens with two attached hydrogens (primary N) is 1. The van der Waals surface area contributed by atoms with E-state index >= 15 is 0 Å². The average Bonchev–Trinajstić information content (AvgIpc) is 3.13. The van der Waals surface area contributed by atoms with Crippen LogP contribution >= 0.6 is 0 Å². The minimum atomic E-state index is 0.416. The molecule has 0 amide bonds. The molecule has 0 aliphatic heterocycles. The van der Waals surface area contributed by atoms with Gasteiger partial charge in [0.2, 0.25) is 0 Å². The normalized spacial score (nSPS) is 11.0. The zero-order valence-electron chi connectivity index (χ0n) is 16.8. The fraction of sp³-hybridized carbons (Fsp3) is 0.208. The zero-order valence-corrected chi connectivity index (χ0v) is 16.8. The third-order valence-electron chi connectivity index (χ3n) is 5.04. The lowest BCUT2D eigenvalue weighted by Gasteiger charge is -2.14. The van der Waals surface area contributed by atoms with Gasteiger partial charge in [-0.3, -0.25) is 0 Å². The number of nitrogen functional groups attached to an aromatic ring is 1. The lowest BCUT2D eigenvalue weighted by Crippen LogP contribution is -2.02. The minimum absolute atomic E-state index is 0.416. The van der Waals surface area contributed by atoms with Gasteiger partial charge in [0.15, 0.2) is 5.95 Å². The highest BCUT2D eigenvalue weighted by Crippen LogP contribution is 2.36. The third-order valence-corrected chi connectivity index (χ3v) is 5.04. The molecular weight excluding hydrogens is 360 g/mol. The average molecular weight is 386 g/mol. The topological polar surface area (TPSA) is 76.0 Å². The van der Waals surface area contributed by atoms with Crippen molar-refractivity contribution in [1.82, 2.24) is 9.97 Å². The van der Waals surface area contributed by atoms with Crippen LogP contribution in [-0.2, 0) is 13.0 Å². The highest BCUT2D eigenvalue weighted by Gasteiger charge is 2.14. The van der Waals surface area contributed by atoms with E-state index in [4.69, 9.17) is 10.5 Å². The molecule has 0 spiro atoms. The van der Waals surface area contributed by atoms with Crippen LogP contribution < -0.4 is 15.8 Å². The predicted molar refractivity (Wildman–Crippen MR) is 120 cm³/mol. The maximum Gasteiger partial charge on any atom is 0.198 e. The second-order valence-corrected chi connectivity index (χ2v) is 6.99. The van der Waals surface area contributed by atoms with Crippen LogP contribution in [-0.4, -0.2) is 16.6 Å². The lowest BCUT2D eigenvalue weighted by atomic mass is 10.0. The molecule has 0 fully saturated rings. The van der Waals surface area contributed by atoms with Gasteiger partial charge in [-0.05, 0) is 54.3 Å². The smallest absolute Gasteiger partial charge is 0.198 e. The number of anilines is 2. The van der Waals surface area contributed by atoms with E-state index in [9.17, 15) is 0 Å². The Labute approximate surface area is 170 Å². The summed E-state index contributed by atoms with van der Waals surface area (Å²) in [4.78, 5) is 7.67. The molecule has 0 unspecified atom stereocenters. The zero-order chi connectivity index (χ0) is 20.2. The highest BCUT2D eigenvalue weighted by atomic mass is 16.5. The van der Waals surface area contributed by atoms with Crippen LogP contribution in [0, 0.1) is 0 Å². The van der Waals surface area contributed by atoms with E-state index in [0.29, 0.717) is 12.6 Å². The molecule has 0 saturated carbocycles. The minimum Gasteiger partial charge on any atom is -0.494 e. The summed E-state index contributed by atoms with van der Waals surface area (Å²) in [5, 5.41) is 3.58. The molecule has 148 valence electrons. The van der Waals surface area contributed by atoms with Gasteiger partial charge in [-0.2, -0.15) is 0 Å². The van der Waals surface area contributed by atoms with Crippen molar-refractivity contribution in [3.8, 4) is 16.9 Å². The van der Waals surface area contributed by atoms with E-state index in [1.165, 1.54) is 11.1 Å². The number of benzene rings is 3. The monoisotopic (exact) mass is 386 g/mol. The van der Waals surface area contributed by atoms with Gasteiger partial charge in [0.25, 0.3) is 0 Å². The van der Waals surface area contributed by atoms with Crippen LogP contribution in [0.3, 0.4) is 0 Å². The van der Waals surface area contributed by atoms with Crippen LogP contribution in [0.15, 0.2) is 60.7 Å². The molecule has 29 heavy (non-hydrogen) atoms. The van der Waals surface area contributed by atoms with Gasteiger partial charge in [0, 0.05) is 17.8 Å². The van der Waals surface area contributed by atoms with Gasteiger partial charge in [-0.15, -0.1) is 0 Å². The molecule has 4 aromatic rings. The number of rotatable bonds is 7. The van der Waals surface area contributed by atoms with Crippen molar-refractivity contribution in [1.29, 1.82) is 0 Å². The molecule has 0 aliphatic rings. The van der Waals surface area contributed by atoms with E-state index in [0.717, 1.165) is 46.6 Å². The van der Waals surface area contributed by atoms with Crippen molar-refractivity contribution in [2.24, 2.45) is 0 Å². The van der Waals surface area contributed by atoms with E-state index in [-0.39, 0.29) is 0 Å². The molecule has 4 rings (SSSR count). The number of nitrogens with zero attached hydrogens (tertiary/aromatic N) is 1. The first-order valence-electron chi connectivity index (χ1n) is 10.0. The Morgan fingerprint density at radius 2 is 1.66 bits per heavy atom. The van der Waals surface area contributed by atoms with Crippen molar-refractivity contribution in [2.75, 3.05) is 17.7 Å². The van der Waals surface area contributed by atoms with Crippen LogP contribution in [0.25, 0.3) is 22.2 Å². The molecule has 0 radical (unpaired) electrons. The molecule has 0 saturated heterocycles. The maximum atomic E-state index is 5.94. The summed E-state index contributed by atoms with van der Waals surface area (Å²) >= 11 is 0. The van der Waals surface area contributed by atoms with Crippen molar-refractivity contribution in [3.05, 3.63) is 71.8 Å². The van der Waals surface area contributed by atoms with Crippen molar-refractivity contribution < 1.29 is 4.74 Å². The summed E-state index contributed by atoms with van der Waals surface area (Å²) in [6.45, 7) is 5.53. The molecule has 5 nitrogen and oxygen atoms in total. The molecule has 0 aliphatic carbocycles. The quantitative estimate of drug-likeness (QED) is 0.398. The van der Waals surface area contributed by atoms with Gasteiger partial charge in [0.05, 0.1) is 12.1 Å². The van der Waals surface area contributed by atoms with E-state index < -0.39 is 0 Å². The summed E-state index contributed by atoms with van der Waals surface area (Å²) in [7, 11) is 0. The first-order chi connectivity index (χ1) is 14.2. The number of aromatic nitrogens is 2. The molecule has 1 aromatic heterocycles. The van der Waals surface area contributed by atoms with Crippen LogP contribution in [0.1, 0.15) is 25.0 Å². The molecular formula is C24H26N4O. The molecule has 5 heteroatoms. The summed E-state index contributed by atoms with van der Waals surface area (Å²) in [5.41, 5.74) is 13.4. The van der Waals surface area contributed by atoms with E-state index in [1.807, 2.05) is 25.1 Å². The van der Waals surface area contributed by atoms with Crippen LogP contribution in [0.2, 0.25) is 0 Å². The standard InChI is InChI=1S/C24H26N4O/c1-3-16-5-7-17(8-6-16)15-26-20-13-14-21-23(28-24(25)27-21)22(20)18-9-11-19(12-10-18)29-4-2/h5-14,26H,3-4,15H2,1-2H3,(H3,25,27,28). The fourth-order valence-corrected chi connectivity index (χ4v) is 3.51. The number of hydrogen-bond donors (Lipinski definition) is 3. The van der Waals surface area contributed by atoms with Crippen molar-refractivity contribution >= 4 is 22.7 Å². The predicted octanol–water partition coefficient (Wildman–Crippen LogP) is 5.39. The second kappa shape index (κ2) is 8.27. The molecule has 0 bridgehead atoms. The SMILES string of the molecule is CCOc1ccc(-c2c(NCc3ccc(CC)cc3)ccc3[nH]c(N)nc23)cc1. The van der Waals surface area contributed by atoms with E-state index in [2.05, 4.69) is 64.7 Å². The Morgan fingerprint density at radius 3 is 2.34 bits per heavy atom. The van der Waals surface area contributed by atoms with Crippen molar-refractivity contribution in [3.63, 3.8) is 0 Å². The van der Waals surface area contributed by atoms with Gasteiger partial charge < -0.3 is 20.8 Å². The van der Waals surface area contributed by atoms with Gasteiger partial charge in [-0.1, -0.05) is 43.3 Å². The summed E-state index contributed by atoms with van der Waals surface area (Å²) in [6.07, 6.45) is 1.05. The van der Waals surface area contributed by atoms with Gasteiger partial charge >= 0.3 is 0 Å². The number of hydrogen-bond acceptors (Lipinski definition) is 4. The fourth-order valence-electron chi connectivity index (χ4n) is 3.51. The first kappa shape index (κ1) is 18.9. The Morgan fingerprint density at radius 1 is 0.931 bits per heavy atom. The number of aromatic amines is 1. The van der Waals surface area contributed by atoms with Crippen LogP contribution in [0.5, 0.6) is 5.75 Å². The number of nitrogens with one attached hydrogen (secondary N) is 2. The molecule has 0 atom stereocenters. The Hall–Kier alpha value is -3.47. The molecule has 4 N–H and O–H groups in total. The Bertz CT molecular complexity index is 1100. The number of ether oxygens (including phenoxy) is 1. The van der Waals surface area contributed by atoms with E-state index in [1.54, 1.807) is 0 Å².